The van der Waals surface area contributed by atoms with Crippen LogP contribution in [0.3, 0.4) is 0 Å². The second kappa shape index (κ2) is 6.48. The van der Waals surface area contributed by atoms with E-state index in [-0.39, 0.29) is 46.8 Å². The zero-order valence-corrected chi connectivity index (χ0v) is 14.1. The summed E-state index contributed by atoms with van der Waals surface area (Å²) in [5.74, 6) is -3.13. The first-order valence-corrected chi connectivity index (χ1v) is 6.48. The van der Waals surface area contributed by atoms with E-state index >= 15 is 0 Å². The fourth-order valence-corrected chi connectivity index (χ4v) is 3.63. The van der Waals surface area contributed by atoms with Crippen LogP contribution >= 0.6 is 11.8 Å². The molecule has 7 nitrogen and oxygen atoms in total. The zero-order valence-electron chi connectivity index (χ0n) is 11.3. The van der Waals surface area contributed by atoms with Crippen LogP contribution in [-0.2, 0) is 19.1 Å². The van der Waals surface area contributed by atoms with Crippen molar-refractivity contribution in [3.05, 3.63) is 10.6 Å². The number of ether oxygens (including phenoxy) is 1. The molecule has 0 aromatic heterocycles. The molecule has 20 heavy (non-hydrogen) atoms. The smallest absolute Gasteiger partial charge is 0.543 e. The standard InChI is InChI=1S/C11H13NO6S.Na/c1-4(13)7-9(15)12-8(11(16)17)6(19-10(7)12)3-18-5(2)14;/h4,7,10,13H,3H2,1-2H3,(H,16,17);/q;+1/p-1/t4-,7+,10-;/m1./s1. The Balaban J connectivity index is 0.00000200. The fraction of sp³-hybridized carbons (Fsp3) is 0.545. The molecule has 0 unspecified atom stereocenters. The molecule has 9 heteroatoms. The third kappa shape index (κ3) is 2.89. The van der Waals surface area contributed by atoms with Crippen LogP contribution in [0.25, 0.3) is 0 Å². The van der Waals surface area contributed by atoms with Crippen molar-refractivity contribution in [3.8, 4) is 0 Å². The number of nitrogens with zero attached hydrogens (tertiary/aromatic N) is 1. The normalized spacial score (nSPS) is 25.6. The number of hydrogen-bond donors (Lipinski definition) is 1. The van der Waals surface area contributed by atoms with Gasteiger partial charge in [0.15, 0.2) is 0 Å². The molecule has 0 aromatic rings. The molecule has 1 saturated heterocycles. The molecule has 0 bridgehead atoms. The summed E-state index contributed by atoms with van der Waals surface area (Å²) < 4.78 is 4.75. The largest absolute Gasteiger partial charge is 1.00 e. The van der Waals surface area contributed by atoms with Gasteiger partial charge in [0.2, 0.25) is 5.91 Å². The van der Waals surface area contributed by atoms with Gasteiger partial charge in [-0.25, -0.2) is 0 Å². The second-order valence-corrected chi connectivity index (χ2v) is 5.53. The first kappa shape index (κ1) is 17.5. The van der Waals surface area contributed by atoms with Gasteiger partial charge in [0.05, 0.1) is 28.6 Å². The average Bonchev–Trinajstić information content (AvgIpc) is 2.60. The molecule has 2 aliphatic rings. The van der Waals surface area contributed by atoms with E-state index in [4.69, 9.17) is 4.74 Å². The summed E-state index contributed by atoms with van der Waals surface area (Å²) in [7, 11) is 0. The molecular formula is C11H12NNaO6S. The number of thioether (sulfide) groups is 1. The molecule has 0 aromatic carbocycles. The summed E-state index contributed by atoms with van der Waals surface area (Å²) in [4.78, 5) is 35.0. The molecule has 0 saturated carbocycles. The first-order chi connectivity index (χ1) is 8.84. The van der Waals surface area contributed by atoms with Gasteiger partial charge in [-0.3, -0.25) is 14.5 Å². The van der Waals surface area contributed by atoms with E-state index in [1.165, 1.54) is 13.8 Å². The number of carboxylic acid groups (broad SMARTS) is 1. The van der Waals surface area contributed by atoms with Crippen LogP contribution in [0.5, 0.6) is 0 Å². The summed E-state index contributed by atoms with van der Waals surface area (Å²) in [6.45, 7) is 2.47. The Morgan fingerprint density at radius 1 is 1.55 bits per heavy atom. The molecule has 2 heterocycles. The number of amides is 1. The van der Waals surface area contributed by atoms with Gasteiger partial charge in [-0.2, -0.15) is 0 Å². The SMILES string of the molecule is CC(=O)OCC1=C(C(=O)[O-])N2C(=O)[C@H]([C@@H](C)O)[C@H]2S1.[Na+]. The Bertz CT molecular complexity index is 491. The van der Waals surface area contributed by atoms with Gasteiger partial charge in [0, 0.05) is 6.92 Å². The number of aliphatic hydroxyl groups is 1. The molecular weight excluding hydrogens is 297 g/mol. The van der Waals surface area contributed by atoms with Gasteiger partial charge in [0.1, 0.15) is 12.0 Å². The Kier molecular flexibility index (Phi) is 5.68. The van der Waals surface area contributed by atoms with Crippen LogP contribution < -0.4 is 34.7 Å². The molecule has 2 aliphatic heterocycles. The minimum atomic E-state index is -1.49. The monoisotopic (exact) mass is 309 g/mol. The quantitative estimate of drug-likeness (QED) is 0.316. The molecule has 0 radical (unpaired) electrons. The topological polar surface area (TPSA) is 107 Å². The van der Waals surface area contributed by atoms with Crippen molar-refractivity contribution < 1.29 is 58.9 Å². The van der Waals surface area contributed by atoms with E-state index in [0.29, 0.717) is 0 Å². The van der Waals surface area contributed by atoms with Crippen LogP contribution in [0.2, 0.25) is 0 Å². The third-order valence-electron chi connectivity index (χ3n) is 2.97. The number of aliphatic carboxylic acids is 1. The van der Waals surface area contributed by atoms with E-state index in [2.05, 4.69) is 0 Å². The minimum absolute atomic E-state index is 0. The number of rotatable bonds is 4. The Hall–Kier alpha value is -0.540. The van der Waals surface area contributed by atoms with Crippen molar-refractivity contribution >= 4 is 29.6 Å². The van der Waals surface area contributed by atoms with Crippen molar-refractivity contribution in [1.82, 2.24) is 4.90 Å². The number of carbonyl (C=O) groups is 3. The van der Waals surface area contributed by atoms with E-state index in [9.17, 15) is 24.6 Å². The van der Waals surface area contributed by atoms with Crippen molar-refractivity contribution in [1.29, 1.82) is 0 Å². The molecule has 0 spiro atoms. The fourth-order valence-electron chi connectivity index (χ4n) is 2.11. The summed E-state index contributed by atoms with van der Waals surface area (Å²) in [6.07, 6.45) is -0.864. The van der Waals surface area contributed by atoms with Gasteiger partial charge in [-0.05, 0) is 6.92 Å². The van der Waals surface area contributed by atoms with Crippen LogP contribution in [0.4, 0.5) is 0 Å². The number of fused-ring (bicyclic) bond motifs is 1. The number of carboxylic acids is 1. The number of hydrogen-bond acceptors (Lipinski definition) is 7. The van der Waals surface area contributed by atoms with E-state index in [1.807, 2.05) is 0 Å². The molecule has 1 amide bonds. The molecule has 104 valence electrons. The Morgan fingerprint density at radius 2 is 2.15 bits per heavy atom. The van der Waals surface area contributed by atoms with Crippen molar-refractivity contribution in [2.45, 2.75) is 25.3 Å². The van der Waals surface area contributed by atoms with Gasteiger partial charge in [-0.15, -0.1) is 0 Å². The van der Waals surface area contributed by atoms with Crippen molar-refractivity contribution in [3.63, 3.8) is 0 Å². The Labute approximate surface area is 141 Å². The van der Waals surface area contributed by atoms with Crippen LogP contribution in [0, 0.1) is 5.92 Å². The molecule has 2 rings (SSSR count). The predicted octanol–water partition coefficient (Wildman–Crippen LogP) is -4.57. The van der Waals surface area contributed by atoms with E-state index in [1.54, 1.807) is 0 Å². The van der Waals surface area contributed by atoms with Crippen molar-refractivity contribution in [2.75, 3.05) is 6.61 Å². The number of β-lactam (4-membered cyclic amide) rings is 1. The summed E-state index contributed by atoms with van der Waals surface area (Å²) in [5.41, 5.74) is -0.266. The number of esters is 1. The maximum Gasteiger partial charge on any atom is 1.00 e. The van der Waals surface area contributed by atoms with Gasteiger partial charge >= 0.3 is 35.5 Å². The maximum absolute atomic E-state index is 11.8. The second-order valence-electron chi connectivity index (χ2n) is 4.32. The van der Waals surface area contributed by atoms with E-state index in [0.717, 1.165) is 16.7 Å². The Morgan fingerprint density at radius 3 is 2.60 bits per heavy atom. The average molecular weight is 309 g/mol. The number of aliphatic hydroxyl groups excluding tert-OH is 1. The van der Waals surface area contributed by atoms with Gasteiger partial charge in [-0.1, -0.05) is 11.8 Å². The van der Waals surface area contributed by atoms with Gasteiger partial charge < -0.3 is 19.7 Å². The van der Waals surface area contributed by atoms with E-state index < -0.39 is 35.2 Å². The van der Waals surface area contributed by atoms with Crippen LogP contribution in [-0.4, -0.2) is 45.9 Å². The van der Waals surface area contributed by atoms with Crippen LogP contribution in [0.1, 0.15) is 13.8 Å². The van der Waals surface area contributed by atoms with Crippen molar-refractivity contribution in [2.24, 2.45) is 5.92 Å². The maximum atomic E-state index is 11.8. The molecule has 3 atom stereocenters. The van der Waals surface area contributed by atoms with Gasteiger partial charge in [0.25, 0.3) is 0 Å². The summed E-state index contributed by atoms with van der Waals surface area (Å²) >= 11 is 1.11. The third-order valence-corrected chi connectivity index (χ3v) is 4.31. The molecule has 1 N–H and O–H groups in total. The zero-order chi connectivity index (χ0) is 14.3. The first-order valence-electron chi connectivity index (χ1n) is 5.60. The predicted molar refractivity (Wildman–Crippen MR) is 62.1 cm³/mol. The minimum Gasteiger partial charge on any atom is -0.543 e. The molecule has 1 fully saturated rings. The molecule has 0 aliphatic carbocycles. The number of carbonyl (C=O) groups excluding carboxylic acids is 3. The van der Waals surface area contributed by atoms with Crippen LogP contribution in [0.15, 0.2) is 10.6 Å². The summed E-state index contributed by atoms with van der Waals surface area (Å²) in [5, 5.41) is 20.1. The summed E-state index contributed by atoms with van der Waals surface area (Å²) in [6, 6.07) is 0.